The van der Waals surface area contributed by atoms with Crippen LogP contribution in [-0.2, 0) is 11.2 Å². The second-order valence-electron chi connectivity index (χ2n) is 7.45. The SMILES string of the molecule is C=C(C)CN=C(NCCc1ccco1)NC1CCOC2(CCCC2)C1. The highest BCUT2D eigenvalue weighted by atomic mass is 16.5. The van der Waals surface area contributed by atoms with Crippen LogP contribution in [0.3, 0.4) is 0 Å². The first-order valence-corrected chi connectivity index (χ1v) is 9.51. The van der Waals surface area contributed by atoms with Crippen LogP contribution in [0.5, 0.6) is 0 Å². The predicted octanol–water partition coefficient (Wildman–Crippen LogP) is 3.43. The second kappa shape index (κ2) is 8.56. The van der Waals surface area contributed by atoms with E-state index in [4.69, 9.17) is 9.15 Å². The summed E-state index contributed by atoms with van der Waals surface area (Å²) in [7, 11) is 0. The van der Waals surface area contributed by atoms with Crippen LogP contribution in [0.1, 0.15) is 51.2 Å². The zero-order valence-electron chi connectivity index (χ0n) is 15.4. The Kier molecular flexibility index (Phi) is 6.19. The van der Waals surface area contributed by atoms with E-state index in [9.17, 15) is 0 Å². The minimum absolute atomic E-state index is 0.115. The molecule has 5 nitrogen and oxygen atoms in total. The maximum absolute atomic E-state index is 6.14. The number of aliphatic imine (C=N–C) groups is 1. The van der Waals surface area contributed by atoms with Crippen LogP contribution in [0.2, 0.25) is 0 Å². The van der Waals surface area contributed by atoms with Crippen molar-refractivity contribution in [2.75, 3.05) is 19.7 Å². The van der Waals surface area contributed by atoms with Crippen LogP contribution in [-0.4, -0.2) is 37.3 Å². The Balaban J connectivity index is 1.54. The molecule has 5 heteroatoms. The van der Waals surface area contributed by atoms with Crippen molar-refractivity contribution in [3.05, 3.63) is 36.3 Å². The van der Waals surface area contributed by atoms with Crippen molar-refractivity contribution in [3.8, 4) is 0 Å². The maximum atomic E-state index is 6.14. The summed E-state index contributed by atoms with van der Waals surface area (Å²) in [4.78, 5) is 4.67. The number of hydrogen-bond acceptors (Lipinski definition) is 3. The summed E-state index contributed by atoms with van der Waals surface area (Å²) in [6.07, 6.45) is 9.68. The fourth-order valence-electron chi connectivity index (χ4n) is 3.84. The van der Waals surface area contributed by atoms with Crippen LogP contribution in [0.15, 0.2) is 40.0 Å². The molecule has 3 rings (SSSR count). The molecule has 1 aliphatic carbocycles. The summed E-state index contributed by atoms with van der Waals surface area (Å²) in [6, 6.07) is 4.35. The predicted molar refractivity (Wildman–Crippen MR) is 101 cm³/mol. The van der Waals surface area contributed by atoms with Crippen molar-refractivity contribution in [1.82, 2.24) is 10.6 Å². The van der Waals surface area contributed by atoms with Gasteiger partial charge in [-0.25, -0.2) is 4.99 Å². The Labute approximate surface area is 150 Å². The maximum Gasteiger partial charge on any atom is 0.191 e. The van der Waals surface area contributed by atoms with Gasteiger partial charge in [0.1, 0.15) is 5.76 Å². The standard InChI is InChI=1S/C20H31N3O2/c1-16(2)15-22-19(21-11-7-18-6-5-12-24-18)23-17-8-13-25-20(14-17)9-3-4-10-20/h5-6,12,17H,1,3-4,7-11,13-15H2,2H3,(H2,21,22,23). The molecule has 1 saturated carbocycles. The van der Waals surface area contributed by atoms with E-state index in [2.05, 4.69) is 22.2 Å². The van der Waals surface area contributed by atoms with E-state index in [1.807, 2.05) is 19.1 Å². The quantitative estimate of drug-likeness (QED) is 0.471. The second-order valence-corrected chi connectivity index (χ2v) is 7.45. The Morgan fingerprint density at radius 2 is 2.24 bits per heavy atom. The molecular formula is C20H31N3O2. The van der Waals surface area contributed by atoms with Crippen molar-refractivity contribution in [2.24, 2.45) is 4.99 Å². The van der Waals surface area contributed by atoms with Crippen LogP contribution in [0.4, 0.5) is 0 Å². The molecule has 2 N–H and O–H groups in total. The van der Waals surface area contributed by atoms with Crippen molar-refractivity contribution in [1.29, 1.82) is 0 Å². The van der Waals surface area contributed by atoms with Gasteiger partial charge in [-0.15, -0.1) is 0 Å². The lowest BCUT2D eigenvalue weighted by Gasteiger charge is -2.39. The molecule has 1 spiro atoms. The molecule has 1 aromatic heterocycles. The van der Waals surface area contributed by atoms with Gasteiger partial charge in [0.25, 0.3) is 0 Å². The van der Waals surface area contributed by atoms with Gasteiger partial charge in [0.05, 0.1) is 18.4 Å². The first-order chi connectivity index (χ1) is 12.2. The van der Waals surface area contributed by atoms with E-state index in [1.54, 1.807) is 6.26 Å². The van der Waals surface area contributed by atoms with Crippen LogP contribution < -0.4 is 10.6 Å². The highest BCUT2D eigenvalue weighted by Gasteiger charge is 2.40. The van der Waals surface area contributed by atoms with Crippen molar-refractivity contribution >= 4 is 5.96 Å². The number of rotatable bonds is 6. The van der Waals surface area contributed by atoms with Crippen LogP contribution in [0, 0.1) is 0 Å². The van der Waals surface area contributed by atoms with Crippen molar-refractivity contribution in [3.63, 3.8) is 0 Å². The zero-order chi connectivity index (χ0) is 17.5. The van der Waals surface area contributed by atoms with E-state index < -0.39 is 0 Å². The Bertz CT molecular complexity index is 574. The van der Waals surface area contributed by atoms with Gasteiger partial charge in [0, 0.05) is 25.6 Å². The van der Waals surface area contributed by atoms with Gasteiger partial charge in [-0.3, -0.25) is 0 Å². The largest absolute Gasteiger partial charge is 0.469 e. The van der Waals surface area contributed by atoms with Gasteiger partial charge in [0.15, 0.2) is 5.96 Å². The third-order valence-corrected chi connectivity index (χ3v) is 5.10. The molecular weight excluding hydrogens is 314 g/mol. The first kappa shape index (κ1) is 18.1. The molecule has 0 aromatic carbocycles. The van der Waals surface area contributed by atoms with E-state index in [1.165, 1.54) is 25.7 Å². The number of hydrogen-bond donors (Lipinski definition) is 2. The summed E-state index contributed by atoms with van der Waals surface area (Å²) < 4.78 is 11.5. The first-order valence-electron chi connectivity index (χ1n) is 9.51. The Hall–Kier alpha value is -1.75. The third-order valence-electron chi connectivity index (χ3n) is 5.10. The molecule has 2 fully saturated rings. The number of nitrogens with zero attached hydrogens (tertiary/aromatic N) is 1. The molecule has 25 heavy (non-hydrogen) atoms. The number of furan rings is 1. The van der Waals surface area contributed by atoms with Crippen molar-refractivity contribution < 1.29 is 9.15 Å². The normalized spacial score (nSPS) is 22.9. The lowest BCUT2D eigenvalue weighted by molar-refractivity contribution is -0.0815. The smallest absolute Gasteiger partial charge is 0.191 e. The van der Waals surface area contributed by atoms with E-state index in [0.717, 1.165) is 49.7 Å². The molecule has 1 aliphatic heterocycles. The van der Waals surface area contributed by atoms with Gasteiger partial charge in [-0.2, -0.15) is 0 Å². The number of ether oxygens (including phenoxy) is 1. The Morgan fingerprint density at radius 1 is 1.40 bits per heavy atom. The lowest BCUT2D eigenvalue weighted by Crippen LogP contribution is -2.51. The van der Waals surface area contributed by atoms with Crippen molar-refractivity contribution in [2.45, 2.75) is 63.5 Å². The topological polar surface area (TPSA) is 58.8 Å². The minimum atomic E-state index is 0.115. The zero-order valence-corrected chi connectivity index (χ0v) is 15.4. The summed E-state index contributed by atoms with van der Waals surface area (Å²) in [5.74, 6) is 1.86. The average molecular weight is 345 g/mol. The molecule has 1 saturated heterocycles. The molecule has 0 amide bonds. The number of guanidine groups is 1. The number of nitrogens with one attached hydrogen (secondary N) is 2. The van der Waals surface area contributed by atoms with E-state index in [0.29, 0.717) is 12.6 Å². The van der Waals surface area contributed by atoms with E-state index in [-0.39, 0.29) is 5.60 Å². The van der Waals surface area contributed by atoms with Gasteiger partial charge in [0.2, 0.25) is 0 Å². The molecule has 0 radical (unpaired) electrons. The van der Waals surface area contributed by atoms with E-state index >= 15 is 0 Å². The lowest BCUT2D eigenvalue weighted by atomic mass is 9.89. The van der Waals surface area contributed by atoms with Gasteiger partial charge in [-0.1, -0.05) is 25.0 Å². The van der Waals surface area contributed by atoms with Gasteiger partial charge >= 0.3 is 0 Å². The van der Waals surface area contributed by atoms with Gasteiger partial charge < -0.3 is 19.8 Å². The molecule has 2 aliphatic rings. The van der Waals surface area contributed by atoms with Crippen LogP contribution >= 0.6 is 0 Å². The molecule has 0 bridgehead atoms. The molecule has 1 atom stereocenters. The molecule has 2 heterocycles. The fourth-order valence-corrected chi connectivity index (χ4v) is 3.84. The fraction of sp³-hybridized carbons (Fsp3) is 0.650. The Morgan fingerprint density at radius 3 is 2.96 bits per heavy atom. The molecule has 1 aromatic rings. The highest BCUT2D eigenvalue weighted by molar-refractivity contribution is 5.80. The van der Waals surface area contributed by atoms with Gasteiger partial charge in [-0.05, 0) is 44.7 Å². The molecule has 1 unspecified atom stereocenters. The third kappa shape index (κ3) is 5.36. The van der Waals surface area contributed by atoms with Crippen LogP contribution in [0.25, 0.3) is 0 Å². The summed E-state index contributed by atoms with van der Waals surface area (Å²) in [5, 5.41) is 7.07. The highest BCUT2D eigenvalue weighted by Crippen LogP contribution is 2.39. The summed E-state index contributed by atoms with van der Waals surface area (Å²) in [5.41, 5.74) is 1.18. The summed E-state index contributed by atoms with van der Waals surface area (Å²) in [6.45, 7) is 8.24. The average Bonchev–Trinajstić information content (AvgIpc) is 3.25. The summed E-state index contributed by atoms with van der Waals surface area (Å²) >= 11 is 0. The minimum Gasteiger partial charge on any atom is -0.469 e. The monoisotopic (exact) mass is 345 g/mol. The molecule has 138 valence electrons.